The SMILES string of the molecule is CC[N+]1=CC(C)(C)c2cc(S(=O)(=O)O)ccc21.O=C([O-])C(F)(F)F. The van der Waals surface area contributed by atoms with Crippen molar-refractivity contribution in [3.05, 3.63) is 23.8 Å². The number of carboxylic acids is 1. The second-order valence-electron chi connectivity index (χ2n) is 5.58. The average Bonchev–Trinajstić information content (AvgIpc) is 2.68. The summed E-state index contributed by atoms with van der Waals surface area (Å²) in [5, 5.41) is 8.78. The van der Waals surface area contributed by atoms with E-state index in [1.54, 1.807) is 12.1 Å². The van der Waals surface area contributed by atoms with Gasteiger partial charge in [0.25, 0.3) is 10.1 Å². The first-order valence-electron chi connectivity index (χ1n) is 6.73. The van der Waals surface area contributed by atoms with E-state index >= 15 is 0 Å². The lowest BCUT2D eigenvalue weighted by molar-refractivity contribution is -0.428. The molecule has 0 atom stereocenters. The van der Waals surface area contributed by atoms with Gasteiger partial charge in [-0.1, -0.05) is 0 Å². The highest BCUT2D eigenvalue weighted by Gasteiger charge is 2.37. The minimum absolute atomic E-state index is 0.0457. The molecule has 0 amide bonds. The lowest BCUT2D eigenvalue weighted by atomic mass is 9.87. The Bertz CT molecular complexity index is 782. The third-order valence-electron chi connectivity index (χ3n) is 3.32. The van der Waals surface area contributed by atoms with Crippen molar-refractivity contribution in [1.82, 2.24) is 0 Å². The molecular weight excluding hydrogens is 351 g/mol. The molecule has 2 rings (SSSR count). The number of benzene rings is 1. The number of fused-ring (bicyclic) bond motifs is 1. The number of nitrogens with zero attached hydrogens (tertiary/aromatic N) is 1. The fourth-order valence-corrected chi connectivity index (χ4v) is 2.74. The average molecular weight is 367 g/mol. The Kier molecular flexibility index (Phi) is 5.46. The van der Waals surface area contributed by atoms with Crippen LogP contribution in [0.1, 0.15) is 26.3 Å². The van der Waals surface area contributed by atoms with Crippen molar-refractivity contribution in [2.45, 2.75) is 37.3 Å². The van der Waals surface area contributed by atoms with Gasteiger partial charge in [-0.2, -0.15) is 21.6 Å². The summed E-state index contributed by atoms with van der Waals surface area (Å²) >= 11 is 0. The Balaban J connectivity index is 0.000000351. The summed E-state index contributed by atoms with van der Waals surface area (Å²) in [4.78, 5) is 8.74. The fourth-order valence-electron chi connectivity index (χ4n) is 2.23. The molecule has 0 saturated heterocycles. The summed E-state index contributed by atoms with van der Waals surface area (Å²) in [5.74, 6) is -3.01. The molecule has 0 saturated carbocycles. The van der Waals surface area contributed by atoms with Crippen LogP contribution in [0.5, 0.6) is 0 Å². The number of carboxylic acid groups (broad SMARTS) is 1. The minimum atomic E-state index is -5.19. The minimum Gasteiger partial charge on any atom is -0.542 e. The zero-order chi connectivity index (χ0) is 18.9. The highest BCUT2D eigenvalue weighted by atomic mass is 32.2. The van der Waals surface area contributed by atoms with Crippen molar-refractivity contribution in [3.63, 3.8) is 0 Å². The molecule has 0 unspecified atom stereocenters. The number of hydrogen-bond acceptors (Lipinski definition) is 4. The Labute approximate surface area is 137 Å². The highest BCUT2D eigenvalue weighted by molar-refractivity contribution is 7.85. The van der Waals surface area contributed by atoms with E-state index < -0.39 is 22.3 Å². The van der Waals surface area contributed by atoms with E-state index in [9.17, 15) is 21.6 Å². The van der Waals surface area contributed by atoms with Gasteiger partial charge in [0.2, 0.25) is 5.69 Å². The predicted octanol–water partition coefficient (Wildman–Crippen LogP) is 1.26. The molecule has 0 spiro atoms. The van der Waals surface area contributed by atoms with Crippen LogP contribution >= 0.6 is 0 Å². The summed E-state index contributed by atoms with van der Waals surface area (Å²) in [6.07, 6.45) is -3.12. The third kappa shape index (κ3) is 4.54. The number of rotatable bonds is 2. The number of halogens is 3. The van der Waals surface area contributed by atoms with Crippen LogP contribution in [-0.4, -0.2) is 42.5 Å². The lowest BCUT2D eigenvalue weighted by Gasteiger charge is -2.11. The molecule has 0 fully saturated rings. The van der Waals surface area contributed by atoms with E-state index in [0.29, 0.717) is 0 Å². The predicted molar refractivity (Wildman–Crippen MR) is 76.9 cm³/mol. The van der Waals surface area contributed by atoms with Gasteiger partial charge in [-0.15, -0.1) is 0 Å². The molecule has 0 bridgehead atoms. The van der Waals surface area contributed by atoms with Crippen LogP contribution in [0.2, 0.25) is 0 Å². The Morgan fingerprint density at radius 1 is 1.33 bits per heavy atom. The molecule has 10 heteroatoms. The van der Waals surface area contributed by atoms with Crippen molar-refractivity contribution in [1.29, 1.82) is 0 Å². The van der Waals surface area contributed by atoms with Gasteiger partial charge in [0, 0.05) is 11.6 Å². The van der Waals surface area contributed by atoms with E-state index in [0.717, 1.165) is 17.8 Å². The van der Waals surface area contributed by atoms with E-state index in [4.69, 9.17) is 14.5 Å². The van der Waals surface area contributed by atoms with Gasteiger partial charge in [0.15, 0.2) is 6.21 Å². The molecule has 1 aliphatic rings. The highest BCUT2D eigenvalue weighted by Crippen LogP contribution is 2.37. The Hall–Kier alpha value is -1.94. The summed E-state index contributed by atoms with van der Waals surface area (Å²) in [6.45, 7) is 6.92. The van der Waals surface area contributed by atoms with Crippen LogP contribution in [0.4, 0.5) is 18.9 Å². The van der Waals surface area contributed by atoms with Gasteiger partial charge in [-0.3, -0.25) is 4.55 Å². The summed E-state index contributed by atoms with van der Waals surface area (Å²) in [6, 6.07) is 4.73. The maximum Gasteiger partial charge on any atom is 0.430 e. The standard InChI is InChI=1S/C12H15NO3S.C2HF3O2/c1-4-13-8-12(2,3)10-7-9(17(14,15)16)5-6-11(10)13;3-2(4,5)1(6)7/h5-8H,4H2,1-3H3;(H,6,7). The van der Waals surface area contributed by atoms with Gasteiger partial charge in [0.05, 0.1) is 10.3 Å². The fraction of sp³-hybridized carbons (Fsp3) is 0.429. The largest absolute Gasteiger partial charge is 0.542 e. The number of carbonyl (C=O) groups is 1. The van der Waals surface area contributed by atoms with Crippen LogP contribution in [0.25, 0.3) is 0 Å². The van der Waals surface area contributed by atoms with Gasteiger partial charge >= 0.3 is 6.18 Å². The maximum atomic E-state index is 11.1. The number of carbonyl (C=O) groups excluding carboxylic acids is 1. The molecule has 0 aromatic heterocycles. The van der Waals surface area contributed by atoms with Crippen molar-refractivity contribution >= 4 is 28.0 Å². The van der Waals surface area contributed by atoms with Crippen molar-refractivity contribution < 1.29 is 40.6 Å². The molecule has 1 heterocycles. The van der Waals surface area contributed by atoms with E-state index in [-0.39, 0.29) is 10.3 Å². The molecule has 134 valence electrons. The Morgan fingerprint density at radius 3 is 2.21 bits per heavy atom. The first-order chi connectivity index (χ1) is 10.7. The topological polar surface area (TPSA) is 97.5 Å². The number of hydrogen-bond donors (Lipinski definition) is 1. The third-order valence-corrected chi connectivity index (χ3v) is 4.17. The first-order valence-corrected chi connectivity index (χ1v) is 8.17. The zero-order valence-electron chi connectivity index (χ0n) is 13.1. The molecule has 0 aliphatic carbocycles. The molecule has 24 heavy (non-hydrogen) atoms. The molecule has 1 N–H and O–H groups in total. The monoisotopic (exact) mass is 367 g/mol. The smallest absolute Gasteiger partial charge is 0.430 e. The van der Waals surface area contributed by atoms with E-state index in [2.05, 4.69) is 10.8 Å². The molecule has 1 aliphatic heterocycles. The van der Waals surface area contributed by atoms with Crippen LogP contribution in [-0.2, 0) is 20.3 Å². The summed E-state index contributed by atoms with van der Waals surface area (Å²) in [7, 11) is -4.13. The number of alkyl halides is 3. The van der Waals surface area contributed by atoms with E-state index in [1.165, 1.54) is 6.07 Å². The quantitative estimate of drug-likeness (QED) is 0.627. The van der Waals surface area contributed by atoms with E-state index in [1.807, 2.05) is 20.8 Å². The summed E-state index contributed by atoms with van der Waals surface area (Å²) in [5.41, 5.74) is 1.71. The second kappa shape index (κ2) is 6.52. The van der Waals surface area contributed by atoms with Crippen molar-refractivity contribution in [2.75, 3.05) is 6.54 Å². The van der Waals surface area contributed by atoms with Crippen molar-refractivity contribution in [3.8, 4) is 0 Å². The number of aliphatic carboxylic acids is 1. The van der Waals surface area contributed by atoms with Crippen LogP contribution in [0, 0.1) is 0 Å². The zero-order valence-corrected chi connectivity index (χ0v) is 13.9. The lowest BCUT2D eigenvalue weighted by Crippen LogP contribution is -2.37. The van der Waals surface area contributed by atoms with Crippen molar-refractivity contribution in [2.24, 2.45) is 0 Å². The molecule has 6 nitrogen and oxygen atoms in total. The summed E-state index contributed by atoms with van der Waals surface area (Å²) < 4.78 is 65.0. The van der Waals surface area contributed by atoms with Gasteiger partial charge in [-0.05, 0) is 32.9 Å². The Morgan fingerprint density at radius 2 is 1.83 bits per heavy atom. The molecule has 1 aromatic rings. The molecule has 0 radical (unpaired) electrons. The van der Waals surface area contributed by atoms with Gasteiger partial charge in [-0.25, -0.2) is 4.58 Å². The normalized spacial score (nSPS) is 15.9. The van der Waals surface area contributed by atoms with Crippen LogP contribution in [0.15, 0.2) is 23.1 Å². The first kappa shape index (κ1) is 20.1. The molecule has 1 aromatic carbocycles. The molecular formula is C14H16F3NO5S. The van der Waals surface area contributed by atoms with Crippen LogP contribution in [0.3, 0.4) is 0 Å². The second-order valence-corrected chi connectivity index (χ2v) is 7.00. The van der Waals surface area contributed by atoms with Gasteiger partial charge < -0.3 is 9.90 Å². The van der Waals surface area contributed by atoms with Gasteiger partial charge in [0.1, 0.15) is 12.5 Å². The van der Waals surface area contributed by atoms with Crippen LogP contribution < -0.4 is 5.11 Å². The maximum absolute atomic E-state index is 11.1.